The number of ether oxygens (including phenoxy) is 1. The largest absolute Gasteiger partial charge is 0.494 e. The van der Waals surface area contributed by atoms with Crippen molar-refractivity contribution >= 4 is 5.95 Å². The van der Waals surface area contributed by atoms with E-state index in [-0.39, 0.29) is 0 Å². The van der Waals surface area contributed by atoms with Crippen molar-refractivity contribution in [2.45, 2.75) is 33.4 Å². The fourth-order valence-electron chi connectivity index (χ4n) is 4.07. The number of aromatic nitrogens is 2. The minimum atomic E-state index is 0.702. The van der Waals surface area contributed by atoms with Gasteiger partial charge >= 0.3 is 0 Å². The Hall–Kier alpha value is -2.18. The van der Waals surface area contributed by atoms with E-state index in [1.807, 2.05) is 19.2 Å². The van der Waals surface area contributed by atoms with Crippen LogP contribution < -0.4 is 9.64 Å². The summed E-state index contributed by atoms with van der Waals surface area (Å²) >= 11 is 0. The van der Waals surface area contributed by atoms with E-state index in [4.69, 9.17) is 14.7 Å². The summed E-state index contributed by atoms with van der Waals surface area (Å²) < 4.78 is 5.63. The molecule has 2 aliphatic heterocycles. The van der Waals surface area contributed by atoms with Gasteiger partial charge in [0.15, 0.2) is 0 Å². The van der Waals surface area contributed by atoms with Gasteiger partial charge < -0.3 is 14.5 Å². The highest BCUT2D eigenvalue weighted by atomic mass is 16.5. The predicted molar refractivity (Wildman–Crippen MR) is 112 cm³/mol. The highest BCUT2D eigenvalue weighted by Gasteiger charge is 2.22. The lowest BCUT2D eigenvalue weighted by molar-refractivity contribution is 0.242. The summed E-state index contributed by atoms with van der Waals surface area (Å²) in [6, 6.07) is 8.42. The molecule has 0 aliphatic carbocycles. The molecule has 0 saturated carbocycles. The van der Waals surface area contributed by atoms with E-state index in [0.29, 0.717) is 6.61 Å². The first kappa shape index (κ1) is 19.2. The van der Waals surface area contributed by atoms with E-state index >= 15 is 0 Å². The molecule has 0 bridgehead atoms. The van der Waals surface area contributed by atoms with Gasteiger partial charge in [-0.2, -0.15) is 0 Å². The van der Waals surface area contributed by atoms with Gasteiger partial charge in [0.1, 0.15) is 5.75 Å². The summed E-state index contributed by atoms with van der Waals surface area (Å²) in [5.41, 5.74) is 3.78. The van der Waals surface area contributed by atoms with Gasteiger partial charge in [-0.15, -0.1) is 0 Å². The maximum Gasteiger partial charge on any atom is 0.225 e. The van der Waals surface area contributed by atoms with Crippen molar-refractivity contribution in [2.24, 2.45) is 0 Å². The Labute approximate surface area is 168 Å². The monoisotopic (exact) mass is 381 g/mol. The molecule has 1 aromatic carbocycles. The van der Waals surface area contributed by atoms with Gasteiger partial charge in [0.05, 0.1) is 12.3 Å². The molecule has 6 heteroatoms. The first-order chi connectivity index (χ1) is 13.7. The van der Waals surface area contributed by atoms with Crippen LogP contribution in [0, 0.1) is 0 Å². The van der Waals surface area contributed by atoms with E-state index < -0.39 is 0 Å². The van der Waals surface area contributed by atoms with Crippen molar-refractivity contribution in [1.29, 1.82) is 0 Å². The van der Waals surface area contributed by atoms with Gasteiger partial charge in [0.25, 0.3) is 0 Å². The van der Waals surface area contributed by atoms with Crippen LogP contribution in [-0.2, 0) is 19.5 Å². The highest BCUT2D eigenvalue weighted by Crippen LogP contribution is 2.22. The number of piperazine rings is 1. The maximum absolute atomic E-state index is 5.63. The van der Waals surface area contributed by atoms with Crippen molar-refractivity contribution in [1.82, 2.24) is 19.8 Å². The van der Waals surface area contributed by atoms with Crippen molar-refractivity contribution in [3.63, 3.8) is 0 Å². The number of likely N-dealkylation sites (N-methyl/N-ethyl adjacent to an activating group) is 1. The number of hydrogen-bond donors (Lipinski definition) is 0. The molecule has 3 heterocycles. The van der Waals surface area contributed by atoms with Crippen LogP contribution in [0.3, 0.4) is 0 Å². The van der Waals surface area contributed by atoms with Crippen LogP contribution in [-0.4, -0.2) is 65.6 Å². The molecule has 4 rings (SSSR count). The normalized spacial score (nSPS) is 18.1. The molecule has 150 valence electrons. The van der Waals surface area contributed by atoms with Gasteiger partial charge in [0.2, 0.25) is 5.95 Å². The number of nitrogens with zero attached hydrogens (tertiary/aromatic N) is 5. The Kier molecular flexibility index (Phi) is 6.07. The molecule has 0 unspecified atom stereocenters. The molecule has 1 aromatic heterocycles. The van der Waals surface area contributed by atoms with E-state index in [0.717, 1.165) is 70.5 Å². The second-order valence-corrected chi connectivity index (χ2v) is 7.60. The molecular weight excluding hydrogens is 350 g/mol. The summed E-state index contributed by atoms with van der Waals surface area (Å²) in [5, 5.41) is 0. The summed E-state index contributed by atoms with van der Waals surface area (Å²) in [5.74, 6) is 1.86. The molecule has 0 spiro atoms. The molecule has 0 atom stereocenters. The van der Waals surface area contributed by atoms with Crippen LogP contribution in [0.4, 0.5) is 5.95 Å². The zero-order valence-electron chi connectivity index (χ0n) is 17.1. The van der Waals surface area contributed by atoms with Crippen molar-refractivity contribution < 1.29 is 4.74 Å². The van der Waals surface area contributed by atoms with Gasteiger partial charge in [-0.25, -0.2) is 9.97 Å². The SMILES string of the molecule is CCOc1cccc(CN2CCc3nc(N4CCN(CC)CC4)ncc3C2)c1. The fraction of sp³-hybridized carbons (Fsp3) is 0.545. The average Bonchev–Trinajstić information content (AvgIpc) is 2.74. The molecular formula is C22H31N5O. The van der Waals surface area contributed by atoms with Gasteiger partial charge in [0, 0.05) is 64.0 Å². The number of hydrogen-bond acceptors (Lipinski definition) is 6. The lowest BCUT2D eigenvalue weighted by Gasteiger charge is -2.35. The van der Waals surface area contributed by atoms with E-state index in [1.165, 1.54) is 16.8 Å². The smallest absolute Gasteiger partial charge is 0.225 e. The standard InChI is InChI=1S/C22H31N5O/c1-3-25-10-12-27(13-11-25)22-23-15-19-17-26(9-8-21(19)24-22)16-18-6-5-7-20(14-18)28-4-2/h5-7,14-15H,3-4,8-13,16-17H2,1-2H3. The number of fused-ring (bicyclic) bond motifs is 1. The van der Waals surface area contributed by atoms with Crippen LogP contribution in [0.2, 0.25) is 0 Å². The van der Waals surface area contributed by atoms with Crippen molar-refractivity contribution in [3.8, 4) is 5.75 Å². The number of anilines is 1. The van der Waals surface area contributed by atoms with Gasteiger partial charge in [-0.3, -0.25) is 4.90 Å². The molecule has 0 radical (unpaired) electrons. The predicted octanol–water partition coefficient (Wildman–Crippen LogP) is 2.58. The Morgan fingerprint density at radius 3 is 2.68 bits per heavy atom. The summed E-state index contributed by atoms with van der Waals surface area (Å²) in [6.07, 6.45) is 3.04. The first-order valence-corrected chi connectivity index (χ1v) is 10.5. The number of rotatable bonds is 6. The Balaban J connectivity index is 1.39. The molecule has 1 fully saturated rings. The third kappa shape index (κ3) is 4.45. The Morgan fingerprint density at radius 1 is 1.04 bits per heavy atom. The van der Waals surface area contributed by atoms with Gasteiger partial charge in [-0.1, -0.05) is 19.1 Å². The minimum Gasteiger partial charge on any atom is -0.494 e. The molecule has 2 aliphatic rings. The Morgan fingerprint density at radius 2 is 1.89 bits per heavy atom. The molecule has 6 nitrogen and oxygen atoms in total. The second kappa shape index (κ2) is 8.88. The van der Waals surface area contributed by atoms with Crippen LogP contribution >= 0.6 is 0 Å². The second-order valence-electron chi connectivity index (χ2n) is 7.60. The Bertz CT molecular complexity index is 788. The van der Waals surface area contributed by atoms with Crippen LogP contribution in [0.1, 0.15) is 30.7 Å². The zero-order chi connectivity index (χ0) is 19.3. The van der Waals surface area contributed by atoms with Crippen LogP contribution in [0.25, 0.3) is 0 Å². The zero-order valence-corrected chi connectivity index (χ0v) is 17.1. The molecule has 2 aromatic rings. The fourth-order valence-corrected chi connectivity index (χ4v) is 4.07. The third-order valence-corrected chi connectivity index (χ3v) is 5.72. The third-order valence-electron chi connectivity index (χ3n) is 5.72. The van der Waals surface area contributed by atoms with Gasteiger partial charge in [-0.05, 0) is 31.2 Å². The number of benzene rings is 1. The van der Waals surface area contributed by atoms with Crippen molar-refractivity contribution in [3.05, 3.63) is 47.3 Å². The highest BCUT2D eigenvalue weighted by molar-refractivity contribution is 5.35. The quantitative estimate of drug-likeness (QED) is 0.766. The molecule has 28 heavy (non-hydrogen) atoms. The summed E-state index contributed by atoms with van der Waals surface area (Å²) in [7, 11) is 0. The van der Waals surface area contributed by atoms with E-state index in [1.54, 1.807) is 0 Å². The average molecular weight is 382 g/mol. The summed E-state index contributed by atoms with van der Waals surface area (Å²) in [4.78, 5) is 16.9. The van der Waals surface area contributed by atoms with E-state index in [2.05, 4.69) is 39.8 Å². The minimum absolute atomic E-state index is 0.702. The molecule has 0 N–H and O–H groups in total. The lowest BCUT2D eigenvalue weighted by Crippen LogP contribution is -2.47. The topological polar surface area (TPSA) is 44.7 Å². The first-order valence-electron chi connectivity index (χ1n) is 10.5. The molecule has 0 amide bonds. The summed E-state index contributed by atoms with van der Waals surface area (Å²) in [6.45, 7) is 13.2. The van der Waals surface area contributed by atoms with Crippen molar-refractivity contribution in [2.75, 3.05) is 50.8 Å². The maximum atomic E-state index is 5.63. The van der Waals surface area contributed by atoms with Crippen LogP contribution in [0.5, 0.6) is 5.75 Å². The molecule has 1 saturated heterocycles. The lowest BCUT2D eigenvalue weighted by atomic mass is 10.1. The van der Waals surface area contributed by atoms with Crippen LogP contribution in [0.15, 0.2) is 30.5 Å². The van der Waals surface area contributed by atoms with E-state index in [9.17, 15) is 0 Å².